The molecule has 0 aliphatic heterocycles. The van der Waals surface area contributed by atoms with Gasteiger partial charge in [0, 0.05) is 0 Å². The molecule has 0 saturated carbocycles. The van der Waals surface area contributed by atoms with Crippen LogP contribution in [-0.4, -0.2) is 12.7 Å². The first-order valence-corrected chi connectivity index (χ1v) is 3.76. The molecule has 1 amide bonds. The van der Waals surface area contributed by atoms with Gasteiger partial charge in [-0.05, 0) is 19.1 Å². The van der Waals surface area contributed by atoms with Crippen LogP contribution in [0, 0.1) is 0 Å². The molecule has 3 nitrogen and oxygen atoms in total. The zero-order valence-corrected chi connectivity index (χ0v) is 6.86. The molecule has 0 saturated heterocycles. The highest BCUT2D eigenvalue weighted by molar-refractivity contribution is 5.73. The summed E-state index contributed by atoms with van der Waals surface area (Å²) >= 11 is 0. The second-order valence-corrected chi connectivity index (χ2v) is 2.15. The van der Waals surface area contributed by atoms with Gasteiger partial charge in [0.1, 0.15) is 0 Å². The van der Waals surface area contributed by atoms with Gasteiger partial charge < -0.3 is 4.74 Å². The Morgan fingerprint density at radius 2 is 2.08 bits per heavy atom. The number of nitrogens with zero attached hydrogens (tertiary/aromatic N) is 1. The van der Waals surface area contributed by atoms with Crippen LogP contribution >= 0.6 is 0 Å². The van der Waals surface area contributed by atoms with E-state index in [-0.39, 0.29) is 0 Å². The van der Waals surface area contributed by atoms with Gasteiger partial charge in [0.25, 0.3) is 0 Å². The van der Waals surface area contributed by atoms with Gasteiger partial charge >= 0.3 is 6.09 Å². The quantitative estimate of drug-likeness (QED) is 0.671. The fourth-order valence-electron chi connectivity index (χ4n) is 0.764. The summed E-state index contributed by atoms with van der Waals surface area (Å²) < 4.78 is 4.64. The molecular formula is C9H10NO2. The molecular weight excluding hydrogens is 154 g/mol. The Morgan fingerprint density at radius 1 is 1.42 bits per heavy atom. The Kier molecular flexibility index (Phi) is 3.14. The molecule has 0 aromatic heterocycles. The summed E-state index contributed by atoms with van der Waals surface area (Å²) in [5, 5.41) is 3.69. The monoisotopic (exact) mass is 164 g/mol. The molecule has 63 valence electrons. The van der Waals surface area contributed by atoms with Crippen LogP contribution in [0.1, 0.15) is 6.92 Å². The molecule has 0 spiro atoms. The third-order valence-electron chi connectivity index (χ3n) is 1.24. The average Bonchev–Trinajstić information content (AvgIpc) is 2.06. The van der Waals surface area contributed by atoms with E-state index in [0.717, 1.165) is 0 Å². The van der Waals surface area contributed by atoms with Gasteiger partial charge in [0.05, 0.1) is 12.3 Å². The number of carbonyl (C=O) groups is 1. The maximum Gasteiger partial charge on any atom is 0.434 e. The summed E-state index contributed by atoms with van der Waals surface area (Å²) in [7, 11) is 0. The van der Waals surface area contributed by atoms with E-state index in [1.54, 1.807) is 19.1 Å². The van der Waals surface area contributed by atoms with Crippen LogP contribution in [0.2, 0.25) is 0 Å². The summed E-state index contributed by atoms with van der Waals surface area (Å²) in [6.45, 7) is 2.10. The minimum absolute atomic E-state index is 0.356. The van der Waals surface area contributed by atoms with E-state index in [9.17, 15) is 4.79 Å². The van der Waals surface area contributed by atoms with Gasteiger partial charge in [-0.15, -0.1) is 0 Å². The lowest BCUT2D eigenvalue weighted by molar-refractivity contribution is 0.156. The van der Waals surface area contributed by atoms with Crippen molar-refractivity contribution in [3.05, 3.63) is 30.3 Å². The summed E-state index contributed by atoms with van der Waals surface area (Å²) in [5.41, 5.74) is 0.621. The minimum atomic E-state index is -0.538. The third-order valence-corrected chi connectivity index (χ3v) is 1.24. The third kappa shape index (κ3) is 2.62. The normalized spacial score (nSPS) is 9.08. The van der Waals surface area contributed by atoms with Gasteiger partial charge in [-0.3, -0.25) is 0 Å². The Balaban J connectivity index is 2.47. The van der Waals surface area contributed by atoms with E-state index >= 15 is 0 Å². The SMILES string of the molecule is CCOC(=O)[N]c1ccccc1. The molecule has 1 aromatic rings. The van der Waals surface area contributed by atoms with Crippen LogP contribution in [0.4, 0.5) is 10.5 Å². The van der Waals surface area contributed by atoms with Gasteiger partial charge in [0.15, 0.2) is 0 Å². The van der Waals surface area contributed by atoms with E-state index in [1.165, 1.54) is 0 Å². The molecule has 0 bridgehead atoms. The second-order valence-electron chi connectivity index (χ2n) is 2.15. The predicted molar refractivity (Wildman–Crippen MR) is 45.3 cm³/mol. The summed E-state index contributed by atoms with van der Waals surface area (Å²) in [5.74, 6) is 0. The summed E-state index contributed by atoms with van der Waals surface area (Å²) in [4.78, 5) is 10.8. The number of rotatable bonds is 2. The van der Waals surface area contributed by atoms with Crippen LogP contribution in [-0.2, 0) is 4.74 Å². The van der Waals surface area contributed by atoms with Crippen molar-refractivity contribution < 1.29 is 9.53 Å². The van der Waals surface area contributed by atoms with Crippen molar-refractivity contribution in [3.63, 3.8) is 0 Å². The lowest BCUT2D eigenvalue weighted by Gasteiger charge is -2.00. The highest BCUT2D eigenvalue weighted by Gasteiger charge is 2.02. The average molecular weight is 164 g/mol. The molecule has 1 rings (SSSR count). The zero-order valence-electron chi connectivity index (χ0n) is 6.86. The molecule has 0 atom stereocenters. The van der Waals surface area contributed by atoms with Crippen molar-refractivity contribution in [2.45, 2.75) is 6.92 Å². The van der Waals surface area contributed by atoms with Crippen molar-refractivity contribution in [3.8, 4) is 0 Å². The number of amides is 1. The number of benzene rings is 1. The predicted octanol–water partition coefficient (Wildman–Crippen LogP) is 2.08. The molecule has 0 N–H and O–H groups in total. The molecule has 0 unspecified atom stereocenters. The van der Waals surface area contributed by atoms with Crippen molar-refractivity contribution in [1.82, 2.24) is 5.32 Å². The van der Waals surface area contributed by atoms with Crippen LogP contribution < -0.4 is 5.32 Å². The Bertz CT molecular complexity index is 246. The fourth-order valence-corrected chi connectivity index (χ4v) is 0.764. The second kappa shape index (κ2) is 4.38. The largest absolute Gasteiger partial charge is 0.448 e. The fraction of sp³-hybridized carbons (Fsp3) is 0.222. The van der Waals surface area contributed by atoms with Crippen LogP contribution in [0.5, 0.6) is 0 Å². The van der Waals surface area contributed by atoms with E-state index in [0.29, 0.717) is 12.3 Å². The van der Waals surface area contributed by atoms with Gasteiger partial charge in [-0.1, -0.05) is 18.2 Å². The molecule has 1 aromatic carbocycles. The maximum atomic E-state index is 10.8. The molecule has 1 radical (unpaired) electrons. The van der Waals surface area contributed by atoms with Crippen LogP contribution in [0.25, 0.3) is 0 Å². The number of hydrogen-bond donors (Lipinski definition) is 0. The van der Waals surface area contributed by atoms with Gasteiger partial charge in [-0.25, -0.2) is 4.79 Å². The first-order chi connectivity index (χ1) is 5.83. The highest BCUT2D eigenvalue weighted by Crippen LogP contribution is 2.05. The molecule has 0 aliphatic carbocycles. The highest BCUT2D eigenvalue weighted by atomic mass is 16.5. The Hall–Kier alpha value is -1.51. The van der Waals surface area contributed by atoms with Crippen molar-refractivity contribution in [2.75, 3.05) is 6.61 Å². The minimum Gasteiger partial charge on any atom is -0.448 e. The van der Waals surface area contributed by atoms with Crippen molar-refractivity contribution in [1.29, 1.82) is 0 Å². The van der Waals surface area contributed by atoms with Crippen LogP contribution in [0.3, 0.4) is 0 Å². The zero-order chi connectivity index (χ0) is 8.81. The lowest BCUT2D eigenvalue weighted by Crippen LogP contribution is -2.11. The van der Waals surface area contributed by atoms with Gasteiger partial charge in [0.2, 0.25) is 0 Å². The smallest absolute Gasteiger partial charge is 0.434 e. The standard InChI is InChI=1S/C9H10NO2/c1-2-12-9(11)10-8-6-4-3-5-7-8/h3-7H,2H2,1H3. The molecule has 0 aliphatic rings. The van der Waals surface area contributed by atoms with E-state index in [2.05, 4.69) is 10.1 Å². The number of ether oxygens (including phenoxy) is 1. The molecule has 3 heteroatoms. The van der Waals surface area contributed by atoms with Crippen LogP contribution in [0.15, 0.2) is 30.3 Å². The first kappa shape index (κ1) is 8.59. The van der Waals surface area contributed by atoms with Crippen molar-refractivity contribution in [2.24, 2.45) is 0 Å². The Labute approximate surface area is 71.4 Å². The topological polar surface area (TPSA) is 40.4 Å². The molecule has 12 heavy (non-hydrogen) atoms. The van der Waals surface area contributed by atoms with E-state index < -0.39 is 6.09 Å². The van der Waals surface area contributed by atoms with Gasteiger partial charge in [-0.2, -0.15) is 5.32 Å². The first-order valence-electron chi connectivity index (χ1n) is 3.76. The number of para-hydroxylation sites is 1. The number of carbonyl (C=O) groups excluding carboxylic acids is 1. The number of hydrogen-bond acceptors (Lipinski definition) is 2. The Morgan fingerprint density at radius 3 is 2.67 bits per heavy atom. The molecule has 0 fully saturated rings. The lowest BCUT2D eigenvalue weighted by atomic mass is 10.3. The van der Waals surface area contributed by atoms with E-state index in [1.807, 2.05) is 18.2 Å². The molecule has 0 heterocycles. The summed E-state index contributed by atoms with van der Waals surface area (Å²) in [6, 6.07) is 8.99. The van der Waals surface area contributed by atoms with Crippen molar-refractivity contribution >= 4 is 11.8 Å². The maximum absolute atomic E-state index is 10.8. The van der Waals surface area contributed by atoms with E-state index in [4.69, 9.17) is 0 Å². The summed E-state index contributed by atoms with van der Waals surface area (Å²) in [6.07, 6.45) is -0.538.